The van der Waals surface area contributed by atoms with E-state index in [4.69, 9.17) is 9.63 Å². The zero-order valence-electron chi connectivity index (χ0n) is 34.9. The van der Waals surface area contributed by atoms with E-state index in [2.05, 4.69) is 30.5 Å². The van der Waals surface area contributed by atoms with E-state index in [1.807, 2.05) is 21.1 Å². The molecule has 1 unspecified atom stereocenters. The van der Waals surface area contributed by atoms with Crippen molar-refractivity contribution < 1.29 is 47.9 Å². The lowest BCUT2D eigenvalue weighted by Gasteiger charge is -2.25. The second-order valence-electron chi connectivity index (χ2n) is 15.8. The van der Waals surface area contributed by atoms with Gasteiger partial charge in [-0.2, -0.15) is 0 Å². The number of aliphatic hydroxyl groups excluding tert-OH is 2. The maximum absolute atomic E-state index is 12.6. The molecule has 0 saturated carbocycles. The average Bonchev–Trinajstić information content (AvgIpc) is 3.09. The standard InChI is InChI=1S/C37H70O5.C5H14NO4P/c1-3-5-7-9-11-13-15-17-18-20-21-23-25-27-29-31-34(39)37(35(40)33-38)42-36(41)32-30-28-26-24-22-19-16-14-12-10-8-6-4-2;1-6(2,3)4-5-10-11(7,8)9/h17-18,35,37-38,40H,3-16,19-33H2,1-2H3;4-5H2,1-3H3,(H-,7,8,9)/b18-17-;/t35-,37+;/m0./s1. The number of rotatable bonds is 37. The van der Waals surface area contributed by atoms with Gasteiger partial charge in [-0.15, -0.1) is 0 Å². The van der Waals surface area contributed by atoms with Crippen molar-refractivity contribution in [2.24, 2.45) is 0 Å². The molecule has 0 fully saturated rings. The summed E-state index contributed by atoms with van der Waals surface area (Å²) < 4.78 is 20.2. The molecule has 10 nitrogen and oxygen atoms in total. The van der Waals surface area contributed by atoms with Crippen LogP contribution in [0.3, 0.4) is 0 Å². The van der Waals surface area contributed by atoms with Crippen molar-refractivity contribution in [3.8, 4) is 0 Å². The number of carbonyl (C=O) groups is 2. The fourth-order valence-electron chi connectivity index (χ4n) is 5.88. The van der Waals surface area contributed by atoms with Crippen LogP contribution in [-0.4, -0.2) is 84.5 Å². The number of aliphatic hydroxyl groups is 2. The Labute approximate surface area is 325 Å². The number of ketones is 1. The number of quaternary nitrogens is 1. The Kier molecular flexibility index (Phi) is 38.5. The van der Waals surface area contributed by atoms with Crippen molar-refractivity contribution >= 4 is 19.6 Å². The van der Waals surface area contributed by atoms with Crippen LogP contribution in [0.5, 0.6) is 0 Å². The van der Waals surface area contributed by atoms with Gasteiger partial charge in [-0.05, 0) is 38.5 Å². The third-order valence-corrected chi connectivity index (χ3v) is 9.81. The molecule has 0 radical (unpaired) electrons. The Morgan fingerprint density at radius 2 is 1.04 bits per heavy atom. The topological polar surface area (TPSA) is 153 Å². The molecule has 0 rings (SSSR count). The Morgan fingerprint density at radius 3 is 1.42 bits per heavy atom. The van der Waals surface area contributed by atoms with Crippen LogP contribution >= 0.6 is 7.82 Å². The zero-order chi connectivity index (χ0) is 40.1. The molecular weight excluding hydrogens is 693 g/mol. The van der Waals surface area contributed by atoms with Gasteiger partial charge < -0.3 is 33.7 Å². The number of phosphoric acid groups is 1. The van der Waals surface area contributed by atoms with Gasteiger partial charge in [0.15, 0.2) is 11.9 Å². The fraction of sp³-hybridized carbons (Fsp3) is 0.905. The molecule has 0 aromatic rings. The van der Waals surface area contributed by atoms with Crippen LogP contribution in [0, 0.1) is 0 Å². The predicted molar refractivity (Wildman–Crippen MR) is 216 cm³/mol. The molecule has 0 saturated heterocycles. The van der Waals surface area contributed by atoms with Crippen LogP contribution in [0.2, 0.25) is 0 Å². The van der Waals surface area contributed by atoms with Crippen LogP contribution in [0.15, 0.2) is 12.2 Å². The molecule has 53 heavy (non-hydrogen) atoms. The lowest BCUT2D eigenvalue weighted by Crippen LogP contribution is -2.40. The van der Waals surface area contributed by atoms with Gasteiger partial charge in [-0.3, -0.25) is 14.2 Å². The summed E-state index contributed by atoms with van der Waals surface area (Å²) in [7, 11) is 1.19. The second-order valence-corrected chi connectivity index (χ2v) is 17.0. The second kappa shape index (κ2) is 37.8. The minimum atomic E-state index is -4.51. The molecule has 0 aliphatic carbocycles. The fourth-order valence-corrected chi connectivity index (χ4v) is 6.20. The molecule has 0 aliphatic rings. The molecule has 0 amide bonds. The monoisotopic (exact) mass is 778 g/mol. The number of hydrogen-bond acceptors (Lipinski definition) is 8. The Morgan fingerprint density at radius 1 is 0.660 bits per heavy atom. The van der Waals surface area contributed by atoms with E-state index < -0.39 is 32.6 Å². The van der Waals surface area contributed by atoms with E-state index >= 15 is 0 Å². The highest BCUT2D eigenvalue weighted by molar-refractivity contribution is 7.44. The molecule has 0 bridgehead atoms. The summed E-state index contributed by atoms with van der Waals surface area (Å²) in [6.07, 6.45) is 34.0. The molecule has 316 valence electrons. The van der Waals surface area contributed by atoms with Gasteiger partial charge in [0.1, 0.15) is 19.3 Å². The van der Waals surface area contributed by atoms with Crippen LogP contribution in [-0.2, 0) is 23.4 Å². The summed E-state index contributed by atoms with van der Waals surface area (Å²) in [4.78, 5) is 43.2. The summed E-state index contributed by atoms with van der Waals surface area (Å²) in [5.74, 6) is -0.735. The third-order valence-electron chi connectivity index (χ3n) is 9.30. The van der Waals surface area contributed by atoms with E-state index in [1.165, 1.54) is 116 Å². The number of hydrogen-bond donors (Lipinski definition) is 3. The van der Waals surface area contributed by atoms with E-state index in [-0.39, 0.29) is 25.2 Å². The molecule has 0 aromatic heterocycles. The number of ether oxygens (including phenoxy) is 1. The van der Waals surface area contributed by atoms with Gasteiger partial charge in [0.2, 0.25) is 0 Å². The van der Waals surface area contributed by atoms with Gasteiger partial charge in [0.25, 0.3) is 7.82 Å². The van der Waals surface area contributed by atoms with Gasteiger partial charge in [0.05, 0.1) is 27.7 Å². The Hall–Kier alpha value is -1.13. The quantitative estimate of drug-likeness (QED) is 0.0184. The molecule has 0 heterocycles. The van der Waals surface area contributed by atoms with Crippen LogP contribution in [0.1, 0.15) is 194 Å². The number of carbonyl (C=O) groups excluding carboxylic acids is 2. The van der Waals surface area contributed by atoms with Crippen LogP contribution in [0.4, 0.5) is 0 Å². The van der Waals surface area contributed by atoms with Crippen LogP contribution < -0.4 is 4.89 Å². The predicted octanol–water partition coefficient (Wildman–Crippen LogP) is 9.51. The maximum atomic E-state index is 12.6. The summed E-state index contributed by atoms with van der Waals surface area (Å²) in [5.41, 5.74) is 0. The summed E-state index contributed by atoms with van der Waals surface area (Å²) in [6, 6.07) is 0. The highest BCUT2D eigenvalue weighted by atomic mass is 31.2. The number of allylic oxidation sites excluding steroid dienone is 2. The molecular formula is C42H84NO9P. The third kappa shape index (κ3) is 43.5. The molecule has 11 heteroatoms. The van der Waals surface area contributed by atoms with E-state index in [1.54, 1.807) is 0 Å². The number of nitrogens with zero attached hydrogens (tertiary/aromatic N) is 1. The normalized spacial score (nSPS) is 14.1. The lowest BCUT2D eigenvalue weighted by molar-refractivity contribution is -0.870. The van der Waals surface area contributed by atoms with Crippen molar-refractivity contribution in [2.45, 2.75) is 206 Å². The molecule has 0 aliphatic heterocycles. The molecule has 0 spiro atoms. The average molecular weight is 778 g/mol. The van der Waals surface area contributed by atoms with Crippen molar-refractivity contribution in [1.29, 1.82) is 0 Å². The zero-order valence-corrected chi connectivity index (χ0v) is 35.8. The maximum Gasteiger partial charge on any atom is 0.306 e. The Bertz CT molecular complexity index is 904. The minimum Gasteiger partial charge on any atom is -0.756 e. The first-order valence-corrected chi connectivity index (χ1v) is 22.9. The van der Waals surface area contributed by atoms with Gasteiger partial charge in [-0.25, -0.2) is 0 Å². The van der Waals surface area contributed by atoms with Crippen molar-refractivity contribution in [1.82, 2.24) is 0 Å². The lowest BCUT2D eigenvalue weighted by atomic mass is 10.0. The smallest absolute Gasteiger partial charge is 0.306 e. The van der Waals surface area contributed by atoms with Crippen molar-refractivity contribution in [2.75, 3.05) is 40.9 Å². The highest BCUT2D eigenvalue weighted by Crippen LogP contribution is 2.29. The largest absolute Gasteiger partial charge is 0.756 e. The van der Waals surface area contributed by atoms with E-state index in [0.29, 0.717) is 11.0 Å². The van der Waals surface area contributed by atoms with E-state index in [9.17, 15) is 29.3 Å². The Balaban J connectivity index is 0. The number of unbranched alkanes of at least 4 members (excludes halogenated alkanes) is 23. The molecule has 3 N–H and O–H groups in total. The number of Topliss-reactive ketones (excluding diaryl/α,β-unsaturated/α-hetero) is 1. The molecule has 0 aromatic carbocycles. The first-order valence-electron chi connectivity index (χ1n) is 21.4. The van der Waals surface area contributed by atoms with E-state index in [0.717, 1.165) is 51.4 Å². The number of phosphoric ester groups is 1. The van der Waals surface area contributed by atoms with Gasteiger partial charge >= 0.3 is 5.97 Å². The summed E-state index contributed by atoms with van der Waals surface area (Å²) >= 11 is 0. The highest BCUT2D eigenvalue weighted by Gasteiger charge is 2.29. The summed E-state index contributed by atoms with van der Waals surface area (Å²) in [5, 5.41) is 19.5. The number of esters is 1. The van der Waals surface area contributed by atoms with Gasteiger partial charge in [0, 0.05) is 12.8 Å². The van der Waals surface area contributed by atoms with Crippen molar-refractivity contribution in [3.05, 3.63) is 12.2 Å². The molecule has 3 atom stereocenters. The minimum absolute atomic E-state index is 0.0147. The first-order chi connectivity index (χ1) is 25.3. The van der Waals surface area contributed by atoms with Crippen molar-refractivity contribution in [3.63, 3.8) is 0 Å². The van der Waals surface area contributed by atoms with Crippen LogP contribution in [0.25, 0.3) is 0 Å². The number of likely N-dealkylation sites (N-methyl/N-ethyl adjacent to an activating group) is 1. The summed E-state index contributed by atoms with van der Waals surface area (Å²) in [6.45, 7) is 4.47. The SMILES string of the molecule is CCCCCCCC/C=C\CCCCCCCC(=O)[C@@H](OC(=O)CCCCCCCCCCCCCCC)[C@@H](O)CO.C[N+](C)(C)CCOP(=O)([O-])O. The first kappa shape index (κ1) is 54.0. The van der Waals surface area contributed by atoms with Gasteiger partial charge in [-0.1, -0.05) is 154 Å².